The van der Waals surface area contributed by atoms with Crippen molar-refractivity contribution in [1.29, 1.82) is 0 Å². The van der Waals surface area contributed by atoms with E-state index in [2.05, 4.69) is 25.8 Å². The van der Waals surface area contributed by atoms with Gasteiger partial charge in [-0.15, -0.1) is 0 Å². The largest absolute Gasteiger partial charge is 0.493 e. The van der Waals surface area contributed by atoms with Crippen molar-refractivity contribution >= 4 is 17.7 Å². The molecule has 2 aromatic rings. The monoisotopic (exact) mass is 513 g/mol. The molecule has 3 rings (SSSR count). The Morgan fingerprint density at radius 2 is 2.00 bits per heavy atom. The van der Waals surface area contributed by atoms with Crippen molar-refractivity contribution in [3.05, 3.63) is 46.6 Å². The molecule has 0 N–H and O–H groups in total. The summed E-state index contributed by atoms with van der Waals surface area (Å²) in [5.41, 5.74) is -0.0219. The predicted octanol–water partition coefficient (Wildman–Crippen LogP) is 5.19. The number of carbonyl (C=O) groups is 1. The first-order valence-electron chi connectivity index (χ1n) is 11.7. The predicted molar refractivity (Wildman–Crippen MR) is 131 cm³/mol. The van der Waals surface area contributed by atoms with Crippen LogP contribution in [-0.4, -0.2) is 46.6 Å². The fourth-order valence-electron chi connectivity index (χ4n) is 4.11. The normalized spacial score (nSPS) is 17.3. The molecule has 1 aliphatic heterocycles. The Hall–Kier alpha value is -2.20. The molecule has 6 nitrogen and oxygen atoms in total. The Kier molecular flexibility index (Phi) is 8.80. The molecule has 1 fully saturated rings. The van der Waals surface area contributed by atoms with Crippen molar-refractivity contribution in [2.24, 2.45) is 12.0 Å². The lowest BCUT2D eigenvalue weighted by Crippen LogP contribution is -2.30. The molecule has 1 saturated heterocycles. The van der Waals surface area contributed by atoms with Crippen LogP contribution in [0.15, 0.2) is 29.3 Å². The summed E-state index contributed by atoms with van der Waals surface area (Å²) >= 11 is 1.65. The molecule has 0 bridgehead atoms. The molecule has 0 saturated carbocycles. The number of hydrogen-bond donors (Lipinski definition) is 0. The molecule has 0 aliphatic carbocycles. The van der Waals surface area contributed by atoms with Crippen LogP contribution < -0.4 is 10.2 Å². The van der Waals surface area contributed by atoms with Crippen molar-refractivity contribution in [2.45, 2.75) is 64.3 Å². The second-order valence-corrected chi connectivity index (χ2v) is 10.7. The first kappa shape index (κ1) is 27.4. The maximum absolute atomic E-state index is 13.4. The van der Waals surface area contributed by atoms with Crippen molar-refractivity contribution in [3.63, 3.8) is 0 Å². The molecule has 2 heterocycles. The molecule has 1 aliphatic rings. The van der Waals surface area contributed by atoms with Crippen LogP contribution in [0.3, 0.4) is 0 Å². The summed E-state index contributed by atoms with van der Waals surface area (Å²) in [5.74, 6) is 0.172. The van der Waals surface area contributed by atoms with Gasteiger partial charge in [0.15, 0.2) is 5.49 Å². The Labute approximate surface area is 208 Å². The van der Waals surface area contributed by atoms with Crippen LogP contribution in [-0.2, 0) is 29.9 Å². The Morgan fingerprint density at radius 3 is 2.60 bits per heavy atom. The molecule has 1 aromatic carbocycles. The van der Waals surface area contributed by atoms with Gasteiger partial charge in [0, 0.05) is 30.8 Å². The molecular weight excluding hydrogens is 479 g/mol. The molecule has 1 atom stereocenters. The SMILES string of the molecule is CSCCCOc1ccc(C(F)(F)F)cc1C(=O)/N=c1\cc(C(C)(C)C)n(C)n1C[C@H]1CCCO1. The van der Waals surface area contributed by atoms with E-state index in [-0.39, 0.29) is 22.8 Å². The first-order chi connectivity index (χ1) is 16.4. The van der Waals surface area contributed by atoms with Crippen LogP contribution in [0.1, 0.15) is 61.6 Å². The summed E-state index contributed by atoms with van der Waals surface area (Å²) < 4.78 is 55.5. The smallest absolute Gasteiger partial charge is 0.416 e. The quantitative estimate of drug-likeness (QED) is 0.456. The molecule has 35 heavy (non-hydrogen) atoms. The van der Waals surface area contributed by atoms with E-state index in [0.29, 0.717) is 31.7 Å². The van der Waals surface area contributed by atoms with E-state index in [1.165, 1.54) is 6.07 Å². The first-order valence-corrected chi connectivity index (χ1v) is 13.1. The fourth-order valence-corrected chi connectivity index (χ4v) is 4.52. The van der Waals surface area contributed by atoms with Crippen LogP contribution in [0.2, 0.25) is 0 Å². The second-order valence-electron chi connectivity index (χ2n) is 9.70. The Bertz CT molecular complexity index is 1090. The standard InChI is InChI=1S/C25H34F3N3O3S/c1-24(2,3)21-15-22(31(30(21)4)16-18-8-6-11-33-18)29-23(32)19-14-17(25(26,27)28)9-10-20(19)34-12-7-13-35-5/h9-10,14-15,18H,6-8,11-13,16H2,1-5H3/b29-22+/t18-/m1/s1. The number of nitrogens with zero attached hydrogens (tertiary/aromatic N) is 3. The molecule has 194 valence electrons. The lowest BCUT2D eigenvalue weighted by atomic mass is 9.92. The summed E-state index contributed by atoms with van der Waals surface area (Å²) in [6.07, 6.45) is -0.0503. The average molecular weight is 514 g/mol. The topological polar surface area (TPSA) is 57.8 Å². The Morgan fingerprint density at radius 1 is 1.26 bits per heavy atom. The molecule has 1 amide bonds. The summed E-state index contributed by atoms with van der Waals surface area (Å²) in [4.78, 5) is 17.6. The van der Waals surface area contributed by atoms with Crippen molar-refractivity contribution in [3.8, 4) is 5.75 Å². The Balaban J connectivity index is 2.05. The molecule has 1 aromatic heterocycles. The summed E-state index contributed by atoms with van der Waals surface area (Å²) in [6, 6.07) is 4.78. The number of carbonyl (C=O) groups excluding carboxylic acids is 1. The van der Waals surface area contributed by atoms with Gasteiger partial charge in [0.2, 0.25) is 0 Å². The van der Waals surface area contributed by atoms with E-state index >= 15 is 0 Å². The average Bonchev–Trinajstić information content (AvgIpc) is 3.39. The van der Waals surface area contributed by atoms with Gasteiger partial charge < -0.3 is 9.47 Å². The third-order valence-electron chi connectivity index (χ3n) is 5.91. The van der Waals surface area contributed by atoms with Gasteiger partial charge in [-0.1, -0.05) is 20.8 Å². The highest BCUT2D eigenvalue weighted by atomic mass is 32.2. The number of rotatable bonds is 8. The molecule has 0 radical (unpaired) electrons. The van der Waals surface area contributed by atoms with E-state index in [1.54, 1.807) is 11.8 Å². The van der Waals surface area contributed by atoms with Crippen molar-refractivity contribution < 1.29 is 27.4 Å². The molecule has 10 heteroatoms. The van der Waals surface area contributed by atoms with Gasteiger partial charge in [0.1, 0.15) is 5.75 Å². The zero-order chi connectivity index (χ0) is 25.8. The lowest BCUT2D eigenvalue weighted by Gasteiger charge is -2.21. The van der Waals surface area contributed by atoms with E-state index < -0.39 is 17.6 Å². The number of alkyl halides is 3. The van der Waals surface area contributed by atoms with Crippen LogP contribution in [0.25, 0.3) is 0 Å². The number of amides is 1. The zero-order valence-corrected chi connectivity index (χ0v) is 21.8. The van der Waals surface area contributed by atoms with Gasteiger partial charge in [-0.3, -0.25) is 14.2 Å². The van der Waals surface area contributed by atoms with Gasteiger partial charge in [-0.2, -0.15) is 29.9 Å². The highest BCUT2D eigenvalue weighted by molar-refractivity contribution is 7.98. The van der Waals surface area contributed by atoms with Gasteiger partial charge in [-0.25, -0.2) is 0 Å². The summed E-state index contributed by atoms with van der Waals surface area (Å²) in [6.45, 7) is 7.64. The van der Waals surface area contributed by atoms with Gasteiger partial charge in [0.05, 0.1) is 30.4 Å². The number of aromatic nitrogens is 2. The zero-order valence-electron chi connectivity index (χ0n) is 20.9. The van der Waals surface area contributed by atoms with E-state index in [9.17, 15) is 18.0 Å². The molecule has 0 spiro atoms. The maximum Gasteiger partial charge on any atom is 0.416 e. The fraction of sp³-hybridized carbons (Fsp3) is 0.600. The molecular formula is C25H34F3N3O3S. The van der Waals surface area contributed by atoms with Gasteiger partial charge in [0.25, 0.3) is 5.91 Å². The van der Waals surface area contributed by atoms with Gasteiger partial charge in [-0.05, 0) is 49.5 Å². The number of ether oxygens (including phenoxy) is 2. The number of hydrogen-bond acceptors (Lipinski definition) is 4. The number of thioether (sulfide) groups is 1. The van der Waals surface area contributed by atoms with Crippen LogP contribution in [0.5, 0.6) is 5.75 Å². The van der Waals surface area contributed by atoms with Crippen molar-refractivity contribution in [1.82, 2.24) is 9.36 Å². The van der Waals surface area contributed by atoms with Crippen LogP contribution in [0.4, 0.5) is 13.2 Å². The van der Waals surface area contributed by atoms with Crippen molar-refractivity contribution in [2.75, 3.05) is 25.2 Å². The summed E-state index contributed by atoms with van der Waals surface area (Å²) in [7, 11) is 1.89. The molecule has 0 unspecified atom stereocenters. The van der Waals surface area contributed by atoms with Gasteiger partial charge >= 0.3 is 6.18 Å². The van der Waals surface area contributed by atoms with Crippen LogP contribution >= 0.6 is 11.8 Å². The lowest BCUT2D eigenvalue weighted by molar-refractivity contribution is -0.137. The van der Waals surface area contributed by atoms with E-state index in [1.807, 2.05) is 28.7 Å². The summed E-state index contributed by atoms with van der Waals surface area (Å²) in [5, 5.41) is 0. The highest BCUT2D eigenvalue weighted by Crippen LogP contribution is 2.33. The maximum atomic E-state index is 13.4. The number of benzene rings is 1. The highest BCUT2D eigenvalue weighted by Gasteiger charge is 2.32. The minimum atomic E-state index is -4.59. The van der Waals surface area contributed by atoms with Crippen LogP contribution in [0, 0.1) is 0 Å². The van der Waals surface area contributed by atoms with E-state index in [4.69, 9.17) is 9.47 Å². The number of halogens is 3. The minimum absolute atomic E-state index is 0.00522. The second kappa shape index (κ2) is 11.2. The van der Waals surface area contributed by atoms with E-state index in [0.717, 1.165) is 36.4 Å². The third kappa shape index (κ3) is 6.94. The third-order valence-corrected chi connectivity index (χ3v) is 6.61. The minimum Gasteiger partial charge on any atom is -0.493 e.